The SMILES string of the molecule is Cc1ccc(-c2nc(COc3cccc(CN(C(C)C(=O)O)S(=O)(=O)N(C)C)c3)co2)cc1C. The monoisotopic (exact) mass is 487 g/mol. The molecule has 34 heavy (non-hydrogen) atoms. The Morgan fingerprint density at radius 3 is 2.53 bits per heavy atom. The van der Waals surface area contributed by atoms with Crippen LogP contribution in [0, 0.1) is 13.8 Å². The molecule has 1 aromatic heterocycles. The maximum absolute atomic E-state index is 12.7. The van der Waals surface area contributed by atoms with Gasteiger partial charge in [0.2, 0.25) is 5.89 Å². The zero-order valence-corrected chi connectivity index (χ0v) is 20.7. The van der Waals surface area contributed by atoms with Crippen molar-refractivity contribution in [3.8, 4) is 17.2 Å². The third-order valence-electron chi connectivity index (χ3n) is 5.48. The lowest BCUT2D eigenvalue weighted by Crippen LogP contribution is -2.47. The summed E-state index contributed by atoms with van der Waals surface area (Å²) in [5, 5.41) is 9.39. The Balaban J connectivity index is 1.72. The molecule has 10 heteroatoms. The van der Waals surface area contributed by atoms with Crippen LogP contribution in [0.1, 0.15) is 29.3 Å². The number of carbonyl (C=O) groups is 1. The molecule has 1 heterocycles. The molecule has 0 bridgehead atoms. The van der Waals surface area contributed by atoms with E-state index in [9.17, 15) is 18.3 Å². The minimum atomic E-state index is -3.96. The Bertz CT molecular complexity index is 1270. The second kappa shape index (κ2) is 10.4. The number of carboxylic acids is 1. The van der Waals surface area contributed by atoms with Crippen molar-refractivity contribution in [3.05, 3.63) is 71.1 Å². The van der Waals surface area contributed by atoms with Gasteiger partial charge in [0, 0.05) is 26.2 Å². The van der Waals surface area contributed by atoms with Gasteiger partial charge in [-0.1, -0.05) is 18.2 Å². The van der Waals surface area contributed by atoms with Crippen LogP contribution in [0.4, 0.5) is 0 Å². The number of hydrogen-bond donors (Lipinski definition) is 1. The highest BCUT2D eigenvalue weighted by atomic mass is 32.2. The predicted molar refractivity (Wildman–Crippen MR) is 127 cm³/mol. The number of rotatable bonds is 10. The van der Waals surface area contributed by atoms with Crippen LogP contribution in [-0.2, 0) is 28.2 Å². The maximum atomic E-state index is 12.7. The molecular formula is C24H29N3O6S. The van der Waals surface area contributed by atoms with Gasteiger partial charge in [-0.3, -0.25) is 4.79 Å². The van der Waals surface area contributed by atoms with E-state index in [1.54, 1.807) is 24.3 Å². The average Bonchev–Trinajstić information content (AvgIpc) is 3.26. The number of hydrogen-bond acceptors (Lipinski definition) is 6. The number of oxazole rings is 1. The van der Waals surface area contributed by atoms with Crippen LogP contribution in [0.15, 0.2) is 53.1 Å². The summed E-state index contributed by atoms with van der Waals surface area (Å²) in [4.78, 5) is 16.0. The van der Waals surface area contributed by atoms with E-state index in [0.29, 0.717) is 22.9 Å². The highest BCUT2D eigenvalue weighted by Gasteiger charge is 2.33. The van der Waals surface area contributed by atoms with Crippen molar-refractivity contribution < 1.29 is 27.5 Å². The molecule has 2 aromatic carbocycles. The summed E-state index contributed by atoms with van der Waals surface area (Å²) in [5.74, 6) is -0.232. The fourth-order valence-electron chi connectivity index (χ4n) is 3.20. The fourth-order valence-corrected chi connectivity index (χ4v) is 4.42. The Labute approximate surface area is 199 Å². The predicted octanol–water partition coefficient (Wildman–Crippen LogP) is 3.62. The van der Waals surface area contributed by atoms with Crippen molar-refractivity contribution in [1.29, 1.82) is 0 Å². The zero-order chi connectivity index (χ0) is 25.0. The maximum Gasteiger partial charge on any atom is 0.321 e. The van der Waals surface area contributed by atoms with Crippen molar-refractivity contribution >= 4 is 16.2 Å². The molecule has 0 amide bonds. The van der Waals surface area contributed by atoms with Crippen molar-refractivity contribution in [2.24, 2.45) is 0 Å². The van der Waals surface area contributed by atoms with Gasteiger partial charge in [0.1, 0.15) is 30.4 Å². The van der Waals surface area contributed by atoms with Crippen LogP contribution < -0.4 is 4.74 Å². The van der Waals surface area contributed by atoms with Gasteiger partial charge in [-0.2, -0.15) is 17.0 Å². The first-order valence-electron chi connectivity index (χ1n) is 10.6. The Morgan fingerprint density at radius 1 is 1.15 bits per heavy atom. The van der Waals surface area contributed by atoms with E-state index in [2.05, 4.69) is 4.98 Å². The zero-order valence-electron chi connectivity index (χ0n) is 19.8. The summed E-state index contributed by atoms with van der Waals surface area (Å²) in [5.41, 5.74) is 4.41. The molecule has 0 spiro atoms. The first-order chi connectivity index (χ1) is 16.0. The van der Waals surface area contributed by atoms with Gasteiger partial charge >= 0.3 is 5.97 Å². The molecule has 0 fully saturated rings. The quantitative estimate of drug-likeness (QED) is 0.465. The summed E-state index contributed by atoms with van der Waals surface area (Å²) >= 11 is 0. The largest absolute Gasteiger partial charge is 0.487 e. The van der Waals surface area contributed by atoms with Crippen LogP contribution in [0.25, 0.3) is 11.5 Å². The Kier molecular flexibility index (Phi) is 7.75. The van der Waals surface area contributed by atoms with Crippen molar-refractivity contribution in [3.63, 3.8) is 0 Å². The highest BCUT2D eigenvalue weighted by molar-refractivity contribution is 7.86. The van der Waals surface area contributed by atoms with E-state index >= 15 is 0 Å². The van der Waals surface area contributed by atoms with Crippen molar-refractivity contribution in [2.45, 2.75) is 40.0 Å². The van der Waals surface area contributed by atoms with E-state index in [0.717, 1.165) is 19.7 Å². The minimum absolute atomic E-state index is 0.119. The first-order valence-corrected chi connectivity index (χ1v) is 12.0. The number of ether oxygens (including phenoxy) is 1. The lowest BCUT2D eigenvalue weighted by molar-refractivity contribution is -0.141. The third-order valence-corrected chi connectivity index (χ3v) is 7.44. The summed E-state index contributed by atoms with van der Waals surface area (Å²) < 4.78 is 38.7. The van der Waals surface area contributed by atoms with E-state index < -0.39 is 22.2 Å². The molecule has 0 radical (unpaired) electrons. The number of nitrogens with zero attached hydrogens (tertiary/aromatic N) is 3. The molecule has 3 aromatic rings. The summed E-state index contributed by atoms with van der Waals surface area (Å²) in [7, 11) is -1.23. The smallest absolute Gasteiger partial charge is 0.321 e. The molecule has 1 N–H and O–H groups in total. The average molecular weight is 488 g/mol. The highest BCUT2D eigenvalue weighted by Crippen LogP contribution is 2.23. The molecule has 1 unspecified atom stereocenters. The van der Waals surface area contributed by atoms with Gasteiger partial charge in [0.05, 0.1) is 0 Å². The standard InChI is InChI=1S/C24H29N3O6S/c1-16-9-10-20(11-17(16)2)23-25-21(15-33-23)14-32-22-8-6-7-19(12-22)13-27(18(3)24(28)29)34(30,31)26(4)5/h6-12,15,18H,13-14H2,1-5H3,(H,28,29). The Hall–Kier alpha value is -3.21. The van der Waals surface area contributed by atoms with Gasteiger partial charge in [-0.15, -0.1) is 0 Å². The number of aryl methyl sites for hydroxylation is 2. The van der Waals surface area contributed by atoms with E-state index in [1.807, 2.05) is 32.0 Å². The van der Waals surface area contributed by atoms with Crippen LogP contribution in [0.3, 0.4) is 0 Å². The molecule has 0 aliphatic rings. The number of benzene rings is 2. The summed E-state index contributed by atoms with van der Waals surface area (Å²) in [6.07, 6.45) is 1.54. The van der Waals surface area contributed by atoms with E-state index in [1.165, 1.54) is 32.8 Å². The molecule has 1 atom stereocenters. The lowest BCUT2D eigenvalue weighted by atomic mass is 10.1. The normalized spacial score (nSPS) is 12.8. The molecule has 0 aliphatic heterocycles. The van der Waals surface area contributed by atoms with Gasteiger partial charge < -0.3 is 14.3 Å². The van der Waals surface area contributed by atoms with Crippen LogP contribution in [0.2, 0.25) is 0 Å². The van der Waals surface area contributed by atoms with Gasteiger partial charge in [-0.05, 0) is 61.7 Å². The van der Waals surface area contributed by atoms with Gasteiger partial charge in [-0.25, -0.2) is 4.98 Å². The lowest BCUT2D eigenvalue weighted by Gasteiger charge is -2.28. The first kappa shape index (κ1) is 25.4. The molecule has 3 rings (SSSR count). The molecule has 0 aliphatic carbocycles. The van der Waals surface area contributed by atoms with E-state index in [4.69, 9.17) is 9.15 Å². The van der Waals surface area contributed by atoms with Gasteiger partial charge in [0.25, 0.3) is 10.2 Å². The molecule has 0 saturated carbocycles. The topological polar surface area (TPSA) is 113 Å². The number of carboxylic acid groups (broad SMARTS) is 1. The molecular weight excluding hydrogens is 458 g/mol. The second-order valence-electron chi connectivity index (χ2n) is 8.23. The number of aliphatic carboxylic acids is 1. The summed E-state index contributed by atoms with van der Waals surface area (Å²) in [6.45, 7) is 5.44. The summed E-state index contributed by atoms with van der Waals surface area (Å²) in [6, 6.07) is 11.6. The molecule has 182 valence electrons. The van der Waals surface area contributed by atoms with Crippen LogP contribution in [-0.4, -0.2) is 53.2 Å². The minimum Gasteiger partial charge on any atom is -0.487 e. The third kappa shape index (κ3) is 5.82. The Morgan fingerprint density at radius 2 is 1.88 bits per heavy atom. The van der Waals surface area contributed by atoms with Crippen LogP contribution in [0.5, 0.6) is 5.75 Å². The van der Waals surface area contributed by atoms with E-state index in [-0.39, 0.29) is 13.2 Å². The van der Waals surface area contributed by atoms with Crippen molar-refractivity contribution in [2.75, 3.05) is 14.1 Å². The second-order valence-corrected chi connectivity index (χ2v) is 10.3. The van der Waals surface area contributed by atoms with Crippen molar-refractivity contribution in [1.82, 2.24) is 13.6 Å². The molecule has 9 nitrogen and oxygen atoms in total. The molecule has 0 saturated heterocycles. The van der Waals surface area contributed by atoms with Crippen LogP contribution >= 0.6 is 0 Å². The fraction of sp³-hybridized carbons (Fsp3) is 0.333. The van der Waals surface area contributed by atoms with Gasteiger partial charge in [0.15, 0.2) is 0 Å². The number of aromatic nitrogens is 1.